The molecule has 0 aliphatic carbocycles. The molecule has 40 heteroatoms. The second-order valence-corrected chi connectivity index (χ2v) is 28.8. The molecule has 0 saturated carbocycles. The number of nitrogens with one attached hydrogen (secondary N) is 10. The van der Waals surface area contributed by atoms with Gasteiger partial charge in [0.25, 0.3) is 0 Å². The van der Waals surface area contributed by atoms with Crippen molar-refractivity contribution in [2.24, 2.45) is 0 Å². The molecule has 3 fully saturated rings. The molecule has 0 aromatic rings. The third kappa shape index (κ3) is 43.7. The number of carbonyl (C=O) groups is 11. The van der Waals surface area contributed by atoms with Gasteiger partial charge >= 0.3 is 5.97 Å². The minimum atomic E-state index is -1.46. The average Bonchev–Trinajstić information content (AvgIpc) is 0.822. The molecule has 9 amide bonds. The second kappa shape index (κ2) is 60.1. The van der Waals surface area contributed by atoms with Crippen molar-refractivity contribution >= 4 is 64.9 Å². The lowest BCUT2D eigenvalue weighted by atomic mass is 9.97. The normalized spacial score (nSPS) is 23.9. The number of aliphatic hydroxyl groups is 9. The molecule has 0 aromatic heterocycles. The van der Waals surface area contributed by atoms with Gasteiger partial charge in [0.2, 0.25) is 53.2 Å². The van der Waals surface area contributed by atoms with Crippen LogP contribution in [0.3, 0.4) is 0 Å². The summed E-state index contributed by atoms with van der Waals surface area (Å²) in [5, 5.41) is 127. The van der Waals surface area contributed by atoms with Crippen LogP contribution in [-0.4, -0.2) is 339 Å². The van der Waals surface area contributed by atoms with Gasteiger partial charge in [0.1, 0.15) is 84.4 Å². The van der Waals surface area contributed by atoms with E-state index in [0.717, 1.165) is 38.5 Å². The van der Waals surface area contributed by atoms with Gasteiger partial charge in [-0.25, -0.2) is 0 Å². The van der Waals surface area contributed by atoms with Gasteiger partial charge in [-0.15, -0.1) is 0 Å². The van der Waals surface area contributed by atoms with Crippen LogP contribution in [0.4, 0.5) is 0 Å². The quantitative estimate of drug-likeness (QED) is 0.0255. The van der Waals surface area contributed by atoms with Crippen LogP contribution in [0.15, 0.2) is 0 Å². The van der Waals surface area contributed by atoms with E-state index in [1.165, 1.54) is 20.8 Å². The highest BCUT2D eigenvalue weighted by molar-refractivity contribution is 5.81. The number of aliphatic carboxylic acids is 1. The molecule has 3 saturated heterocycles. The van der Waals surface area contributed by atoms with E-state index in [4.69, 9.17) is 47.7 Å². The van der Waals surface area contributed by atoms with Crippen molar-refractivity contribution in [2.45, 2.75) is 279 Å². The van der Waals surface area contributed by atoms with Crippen molar-refractivity contribution in [3.63, 3.8) is 0 Å². The number of rotatable bonds is 65. The van der Waals surface area contributed by atoms with Gasteiger partial charge in [-0.1, -0.05) is 38.5 Å². The van der Waals surface area contributed by atoms with Crippen LogP contribution in [0.1, 0.15) is 181 Å². The number of carboxylic acids is 1. The van der Waals surface area contributed by atoms with Crippen LogP contribution < -0.4 is 53.2 Å². The molecule has 114 heavy (non-hydrogen) atoms. The summed E-state index contributed by atoms with van der Waals surface area (Å²) >= 11 is 0. The number of ether oxygens (including phenoxy) is 9. The van der Waals surface area contributed by atoms with Crippen LogP contribution in [0.25, 0.3) is 0 Å². The smallest absolute Gasteiger partial charge is 0.303 e. The standard InChI is InChI=1S/C74H132N10O30/c1-48(88)81-62-68(103)65(100)52(42-85)112-71(62)109-35-15-12-21-51(91)41-75-29-18-30-78-57(94)26-38-106-45-74(84-60(97)24-10-8-6-4-5-7-9-11-25-61(98)99,46-107-39-27-58(95)79-33-19-31-76-55(92)22-13-16-36-110-72-63(82-49(2)89)69(104)66(101)53(43-86)113-72)47-108-40-28-59(96)80-34-20-32-77-56(93)23-14-17-37-111-73-64(83-50(3)90)70(105)67(102)54(44-87)114-73/h52-54,62-73,75,85-87,100-105H,4-47H2,1-3H3,(H,76,92)(H,77,93)(H,78,94)(H,79,95)(H,80,96)(H,81,88)(H,82,89)(H,83,90)(H,84,97)(H,98,99)/t52?,53?,54?,62?,63?,64?,65-,66-,67-,68?,69?,70?,71-,72-,73-,74?/m1/s1. The van der Waals surface area contributed by atoms with E-state index < -0.39 is 141 Å². The fourth-order valence-corrected chi connectivity index (χ4v) is 12.4. The van der Waals surface area contributed by atoms with E-state index in [9.17, 15) is 98.7 Å². The fraction of sp³-hybridized carbons (Fsp3) is 0.851. The van der Waals surface area contributed by atoms with E-state index in [1.54, 1.807) is 0 Å². The van der Waals surface area contributed by atoms with E-state index in [2.05, 4.69) is 53.2 Å². The molecule has 0 radical (unpaired) electrons. The maximum atomic E-state index is 13.9. The molecule has 40 nitrogen and oxygen atoms in total. The van der Waals surface area contributed by atoms with E-state index in [-0.39, 0.29) is 191 Å². The Balaban J connectivity index is 1.54. The van der Waals surface area contributed by atoms with Gasteiger partial charge in [-0.3, -0.25) is 52.7 Å². The Hall–Kier alpha value is -6.39. The number of carbonyl (C=O) groups excluding carboxylic acids is 10. The zero-order valence-electron chi connectivity index (χ0n) is 66.4. The van der Waals surface area contributed by atoms with Crippen molar-refractivity contribution in [1.29, 1.82) is 0 Å². The maximum Gasteiger partial charge on any atom is 0.303 e. The number of aliphatic hydroxyl groups excluding tert-OH is 9. The molecule has 3 rings (SSSR count). The fourth-order valence-electron chi connectivity index (χ4n) is 12.4. The highest BCUT2D eigenvalue weighted by atomic mass is 16.7. The molecule has 3 aliphatic rings. The van der Waals surface area contributed by atoms with E-state index in [0.29, 0.717) is 77.2 Å². The number of Topliss-reactive ketones (excluding diaryl/α,β-unsaturated/α-hetero) is 1. The Labute approximate surface area is 666 Å². The first-order valence-electron chi connectivity index (χ1n) is 40.0. The summed E-state index contributed by atoms with van der Waals surface area (Å²) in [6, 6.07) is -3.27. The third-order valence-electron chi connectivity index (χ3n) is 18.7. The van der Waals surface area contributed by atoms with Gasteiger partial charge in [-0.05, 0) is 77.2 Å². The molecule has 9 unspecified atom stereocenters. The highest BCUT2D eigenvalue weighted by Gasteiger charge is 2.48. The van der Waals surface area contributed by atoms with Gasteiger partial charge in [0, 0.05) is 125 Å². The number of ketones is 1. The van der Waals surface area contributed by atoms with E-state index >= 15 is 0 Å². The Morgan fingerprint density at radius 2 is 0.623 bits per heavy atom. The summed E-state index contributed by atoms with van der Waals surface area (Å²) in [7, 11) is 0. The van der Waals surface area contributed by atoms with Crippen LogP contribution in [0, 0.1) is 0 Å². The van der Waals surface area contributed by atoms with Gasteiger partial charge in [0.05, 0.1) is 66.0 Å². The van der Waals surface area contributed by atoms with Crippen molar-refractivity contribution in [2.75, 3.05) is 125 Å². The molecule has 0 aromatic carbocycles. The minimum absolute atomic E-state index is 0.0710. The maximum absolute atomic E-state index is 13.9. The van der Waals surface area contributed by atoms with Gasteiger partial charge in [-0.2, -0.15) is 0 Å². The topological polar surface area (TPSA) is 593 Å². The number of carboxylic acid groups (broad SMARTS) is 1. The Kier molecular flexibility index (Phi) is 53.7. The Morgan fingerprint density at radius 3 is 0.947 bits per heavy atom. The third-order valence-corrected chi connectivity index (χ3v) is 18.7. The second-order valence-electron chi connectivity index (χ2n) is 28.8. The predicted molar refractivity (Wildman–Crippen MR) is 403 cm³/mol. The van der Waals surface area contributed by atoms with Crippen molar-refractivity contribution in [1.82, 2.24) is 53.2 Å². The molecule has 658 valence electrons. The number of hydrogen-bond donors (Lipinski definition) is 20. The molecular weight excluding hydrogens is 1510 g/mol. The van der Waals surface area contributed by atoms with Crippen molar-refractivity contribution in [3.8, 4) is 0 Å². The molecule has 0 bridgehead atoms. The highest BCUT2D eigenvalue weighted by Crippen LogP contribution is 2.26. The number of unbranched alkanes of at least 4 members (excludes halogenated alkanes) is 10. The molecule has 15 atom stereocenters. The number of amides is 9. The van der Waals surface area contributed by atoms with Crippen molar-refractivity contribution in [3.05, 3.63) is 0 Å². The average molecular weight is 1640 g/mol. The SMILES string of the molecule is CC(=O)NC1C(O)[C@H](O)C(CO)O[C@H]1OCCCCC(=O)CNCCCNC(=O)CCOCC(COCCC(=O)NCCCNC(=O)CCCCO[C@@H]1OC(CO)[C@@H](O)C(O)C1NC(C)=O)(COCCC(=O)NCCCNC(=O)CCCCO[C@@H]1OC(CO)[C@@H](O)C(O)C1NC(C)=O)NC(=O)CCCCCCCCCCC(=O)O. The monoisotopic (exact) mass is 1640 g/mol. The van der Waals surface area contributed by atoms with Crippen LogP contribution in [-0.2, 0) is 95.4 Å². The minimum Gasteiger partial charge on any atom is -0.481 e. The summed E-state index contributed by atoms with van der Waals surface area (Å²) in [4.78, 5) is 137. The summed E-state index contributed by atoms with van der Waals surface area (Å²) in [5.74, 6) is -4.33. The molecule has 3 aliphatic heterocycles. The summed E-state index contributed by atoms with van der Waals surface area (Å²) in [6.07, 6.45) is -5.19. The van der Waals surface area contributed by atoms with Crippen LogP contribution >= 0.6 is 0 Å². The Morgan fingerprint density at radius 1 is 0.333 bits per heavy atom. The zero-order valence-corrected chi connectivity index (χ0v) is 66.4. The first kappa shape index (κ1) is 102. The zero-order chi connectivity index (χ0) is 84.1. The lowest BCUT2D eigenvalue weighted by molar-refractivity contribution is -0.270. The molecular formula is C74H132N10O30. The summed E-state index contributed by atoms with van der Waals surface area (Å²) < 4.78 is 52.1. The molecule has 3 heterocycles. The summed E-state index contributed by atoms with van der Waals surface area (Å²) in [5.41, 5.74) is -1.41. The molecule has 0 spiro atoms. The van der Waals surface area contributed by atoms with Gasteiger partial charge < -0.3 is 147 Å². The van der Waals surface area contributed by atoms with Crippen LogP contribution in [0.2, 0.25) is 0 Å². The predicted octanol–water partition coefficient (Wildman–Crippen LogP) is -4.65. The van der Waals surface area contributed by atoms with Gasteiger partial charge in [0.15, 0.2) is 18.9 Å². The lowest BCUT2D eigenvalue weighted by Gasteiger charge is -2.42. The van der Waals surface area contributed by atoms with Crippen molar-refractivity contribution < 1.29 is 146 Å². The summed E-state index contributed by atoms with van der Waals surface area (Å²) in [6.45, 7) is 2.75. The van der Waals surface area contributed by atoms with E-state index in [1.807, 2.05) is 0 Å². The Bertz CT molecular complexity index is 2690. The number of hydrogen-bond acceptors (Lipinski definition) is 30. The molecule has 20 N–H and O–H groups in total. The lowest BCUT2D eigenvalue weighted by Crippen LogP contribution is -2.64. The first-order chi connectivity index (χ1) is 54.6. The van der Waals surface area contributed by atoms with Crippen LogP contribution in [0.5, 0.6) is 0 Å². The first-order valence-corrected chi connectivity index (χ1v) is 40.0. The largest absolute Gasteiger partial charge is 0.481 e.